The number of ether oxygens (including phenoxy) is 1. The van der Waals surface area contributed by atoms with E-state index in [0.717, 1.165) is 48.1 Å². The van der Waals surface area contributed by atoms with Gasteiger partial charge < -0.3 is 9.30 Å². The number of hydrogen-bond donors (Lipinski definition) is 1. The molecule has 1 fully saturated rings. The van der Waals surface area contributed by atoms with Gasteiger partial charge in [-0.15, -0.1) is 0 Å². The molecule has 0 bridgehead atoms. The minimum Gasteiger partial charge on any atom is -0.492 e. The van der Waals surface area contributed by atoms with Gasteiger partial charge in [-0.05, 0) is 54.6 Å². The van der Waals surface area contributed by atoms with E-state index >= 15 is 0 Å². The predicted octanol–water partition coefficient (Wildman–Crippen LogP) is 4.01. The van der Waals surface area contributed by atoms with E-state index in [0.29, 0.717) is 24.0 Å². The van der Waals surface area contributed by atoms with E-state index in [1.807, 2.05) is 54.2 Å². The van der Waals surface area contributed by atoms with Crippen LogP contribution in [0.25, 0.3) is 21.7 Å². The van der Waals surface area contributed by atoms with E-state index in [1.165, 1.54) is 5.39 Å². The maximum Gasteiger partial charge on any atom is 0.240 e. The van der Waals surface area contributed by atoms with Crippen molar-refractivity contribution in [1.82, 2.24) is 14.2 Å². The molecule has 5 rings (SSSR count). The fourth-order valence-corrected chi connectivity index (χ4v) is 5.78. The monoisotopic (exact) mass is 463 g/mol. The molecule has 172 valence electrons. The molecule has 0 radical (unpaired) electrons. The maximum absolute atomic E-state index is 12.8. The number of aromatic nitrogens is 1. The normalized spacial score (nSPS) is 17.2. The fraction of sp³-hybridized carbons (Fsp3) is 0.308. The molecule has 0 spiro atoms. The van der Waals surface area contributed by atoms with Crippen LogP contribution in [0.4, 0.5) is 0 Å². The molecule has 4 aromatic rings. The van der Waals surface area contributed by atoms with Gasteiger partial charge in [-0.1, -0.05) is 36.4 Å². The molecule has 1 aliphatic heterocycles. The Morgan fingerprint density at radius 2 is 1.88 bits per heavy atom. The minimum absolute atomic E-state index is 0.304. The molecule has 1 atom stereocenters. The summed E-state index contributed by atoms with van der Waals surface area (Å²) < 4.78 is 36.5. The number of rotatable bonds is 8. The summed E-state index contributed by atoms with van der Waals surface area (Å²) in [5.74, 6) is 1.21. The largest absolute Gasteiger partial charge is 0.492 e. The standard InChI is InChI=1S/C26H29N3O3S/c1-28-13-12-22-17-23(9-10-25(22)28)33(30,31)27-18-20-11-14-29(19-20)15-16-32-26-8-4-6-21-5-2-3-7-24(21)26/h2-10,12-13,17,20,27H,11,14-16,18-19H2,1H3. The zero-order valence-electron chi connectivity index (χ0n) is 18.8. The number of nitrogens with one attached hydrogen (secondary N) is 1. The first kappa shape index (κ1) is 21.9. The Balaban J connectivity index is 1.12. The summed E-state index contributed by atoms with van der Waals surface area (Å²) in [5, 5.41) is 3.23. The lowest BCUT2D eigenvalue weighted by Gasteiger charge is -2.17. The topological polar surface area (TPSA) is 63.6 Å². The number of hydrogen-bond acceptors (Lipinski definition) is 4. The van der Waals surface area contributed by atoms with Crippen molar-refractivity contribution in [2.24, 2.45) is 13.0 Å². The third kappa shape index (κ3) is 4.76. The minimum atomic E-state index is -3.52. The second-order valence-electron chi connectivity index (χ2n) is 8.78. The van der Waals surface area contributed by atoms with Gasteiger partial charge >= 0.3 is 0 Å². The average Bonchev–Trinajstić information content (AvgIpc) is 3.44. The van der Waals surface area contributed by atoms with Crippen molar-refractivity contribution >= 4 is 31.7 Å². The van der Waals surface area contributed by atoms with Gasteiger partial charge in [0.05, 0.1) is 4.90 Å². The van der Waals surface area contributed by atoms with Crippen molar-refractivity contribution in [1.29, 1.82) is 0 Å². The summed E-state index contributed by atoms with van der Waals surface area (Å²) in [5.41, 5.74) is 1.02. The van der Waals surface area contributed by atoms with Gasteiger partial charge in [0.25, 0.3) is 0 Å². The lowest BCUT2D eigenvalue weighted by Crippen LogP contribution is -2.32. The molecule has 3 aromatic carbocycles. The quantitative estimate of drug-likeness (QED) is 0.429. The average molecular weight is 464 g/mol. The first-order chi connectivity index (χ1) is 16.0. The molecule has 1 aromatic heterocycles. The molecule has 7 heteroatoms. The third-order valence-corrected chi connectivity index (χ3v) is 7.93. The van der Waals surface area contributed by atoms with Crippen molar-refractivity contribution in [3.63, 3.8) is 0 Å². The molecule has 1 aliphatic rings. The first-order valence-electron chi connectivity index (χ1n) is 11.4. The van der Waals surface area contributed by atoms with E-state index in [2.05, 4.69) is 27.8 Å². The van der Waals surface area contributed by atoms with Gasteiger partial charge in [-0.25, -0.2) is 13.1 Å². The SMILES string of the molecule is Cn1ccc2cc(S(=O)(=O)NCC3CCN(CCOc4cccc5ccccc45)C3)ccc21. The van der Waals surface area contributed by atoms with Crippen molar-refractivity contribution in [3.8, 4) is 5.75 Å². The molecule has 2 heterocycles. The van der Waals surface area contributed by atoms with Crippen LogP contribution in [0.15, 0.2) is 77.8 Å². The second kappa shape index (κ2) is 9.17. The molecule has 6 nitrogen and oxygen atoms in total. The molecular weight excluding hydrogens is 434 g/mol. The summed E-state index contributed by atoms with van der Waals surface area (Å²) in [6.07, 6.45) is 2.92. The second-order valence-corrected chi connectivity index (χ2v) is 10.5. The highest BCUT2D eigenvalue weighted by molar-refractivity contribution is 7.89. The molecule has 1 saturated heterocycles. The number of benzene rings is 3. The molecule has 0 aliphatic carbocycles. The van der Waals surface area contributed by atoms with Crippen LogP contribution < -0.4 is 9.46 Å². The lowest BCUT2D eigenvalue weighted by molar-refractivity contribution is 0.234. The molecule has 33 heavy (non-hydrogen) atoms. The van der Waals surface area contributed by atoms with E-state index in [-0.39, 0.29) is 0 Å². The van der Waals surface area contributed by atoms with Crippen LogP contribution in [0.2, 0.25) is 0 Å². The van der Waals surface area contributed by atoms with Crippen LogP contribution in [-0.2, 0) is 17.1 Å². The highest BCUT2D eigenvalue weighted by Gasteiger charge is 2.24. The number of aryl methyl sites for hydroxylation is 1. The summed E-state index contributed by atoms with van der Waals surface area (Å²) in [4.78, 5) is 2.67. The Hall–Kier alpha value is -2.87. The number of sulfonamides is 1. The van der Waals surface area contributed by atoms with Gasteiger partial charge in [-0.3, -0.25) is 4.90 Å². The zero-order chi connectivity index (χ0) is 22.8. The van der Waals surface area contributed by atoms with Crippen molar-refractivity contribution in [2.75, 3.05) is 32.8 Å². The third-order valence-electron chi connectivity index (χ3n) is 6.51. The molecule has 1 unspecified atom stereocenters. The Labute approximate surface area is 194 Å². The Morgan fingerprint density at radius 1 is 1.03 bits per heavy atom. The lowest BCUT2D eigenvalue weighted by atomic mass is 10.1. The predicted molar refractivity (Wildman–Crippen MR) is 132 cm³/mol. The van der Waals surface area contributed by atoms with Crippen molar-refractivity contribution in [3.05, 3.63) is 72.9 Å². The van der Waals surface area contributed by atoms with Crippen LogP contribution in [0, 0.1) is 5.92 Å². The number of fused-ring (bicyclic) bond motifs is 2. The van der Waals surface area contributed by atoms with Gasteiger partial charge in [0.15, 0.2) is 0 Å². The number of nitrogens with zero attached hydrogens (tertiary/aromatic N) is 2. The van der Waals surface area contributed by atoms with Gasteiger partial charge in [0.2, 0.25) is 10.0 Å². The zero-order valence-corrected chi connectivity index (χ0v) is 19.6. The maximum atomic E-state index is 12.8. The Bertz CT molecular complexity index is 1370. The fourth-order valence-electron chi connectivity index (χ4n) is 4.63. The molecule has 1 N–H and O–H groups in total. The van der Waals surface area contributed by atoms with Crippen LogP contribution in [0.3, 0.4) is 0 Å². The molecular formula is C26H29N3O3S. The van der Waals surface area contributed by atoms with Crippen LogP contribution in [-0.4, -0.2) is 50.7 Å². The summed E-state index contributed by atoms with van der Waals surface area (Å²) in [6.45, 7) is 3.73. The van der Waals surface area contributed by atoms with E-state index in [9.17, 15) is 8.42 Å². The van der Waals surface area contributed by atoms with Crippen molar-refractivity contribution in [2.45, 2.75) is 11.3 Å². The van der Waals surface area contributed by atoms with Crippen LogP contribution in [0.1, 0.15) is 6.42 Å². The molecule has 0 amide bonds. The Morgan fingerprint density at radius 3 is 2.79 bits per heavy atom. The molecule has 0 saturated carbocycles. The highest BCUT2D eigenvalue weighted by Crippen LogP contribution is 2.25. The van der Waals surface area contributed by atoms with Crippen LogP contribution >= 0.6 is 0 Å². The van der Waals surface area contributed by atoms with Crippen LogP contribution in [0.5, 0.6) is 5.75 Å². The van der Waals surface area contributed by atoms with Gasteiger partial charge in [-0.2, -0.15) is 0 Å². The Kier molecular flexibility index (Phi) is 6.10. The summed E-state index contributed by atoms with van der Waals surface area (Å²) >= 11 is 0. The van der Waals surface area contributed by atoms with E-state index in [4.69, 9.17) is 4.74 Å². The van der Waals surface area contributed by atoms with E-state index in [1.54, 1.807) is 12.1 Å². The smallest absolute Gasteiger partial charge is 0.240 e. The number of likely N-dealkylation sites (tertiary alicyclic amines) is 1. The summed E-state index contributed by atoms with van der Waals surface area (Å²) in [7, 11) is -1.57. The summed E-state index contributed by atoms with van der Waals surface area (Å²) in [6, 6.07) is 21.6. The van der Waals surface area contributed by atoms with Gasteiger partial charge in [0, 0.05) is 49.2 Å². The van der Waals surface area contributed by atoms with Crippen molar-refractivity contribution < 1.29 is 13.2 Å². The van der Waals surface area contributed by atoms with Gasteiger partial charge in [0.1, 0.15) is 12.4 Å². The van der Waals surface area contributed by atoms with E-state index < -0.39 is 10.0 Å². The first-order valence-corrected chi connectivity index (χ1v) is 12.9. The highest BCUT2D eigenvalue weighted by atomic mass is 32.2.